The molecule has 0 bridgehead atoms. The number of hydrogen-bond donors (Lipinski definition) is 0. The summed E-state index contributed by atoms with van der Waals surface area (Å²) < 4.78 is 28.5. The topological polar surface area (TPSA) is 114 Å². The average Bonchev–Trinajstić information content (AvgIpc) is 3.25. The lowest BCUT2D eigenvalue weighted by Gasteiger charge is -2.21. The minimum absolute atomic E-state index is 0.0373. The Hall–Kier alpha value is -2.16. The van der Waals surface area contributed by atoms with Crippen molar-refractivity contribution in [3.8, 4) is 0 Å². The number of ether oxygens (including phenoxy) is 5. The summed E-state index contributed by atoms with van der Waals surface area (Å²) in [6.07, 6.45) is 39.5. The molecule has 0 N–H and O–H groups in total. The number of carbonyl (C=O) groups is 4. The van der Waals surface area contributed by atoms with Gasteiger partial charge in [-0.15, -0.1) is 0 Å². The first-order chi connectivity index (χ1) is 29.9. The molecule has 0 aliphatic rings. The van der Waals surface area contributed by atoms with E-state index in [1.807, 2.05) is 0 Å². The number of hydrogen-bond acceptors (Lipinski definition) is 9. The minimum atomic E-state index is -0.794. The van der Waals surface area contributed by atoms with Crippen LogP contribution in [0.4, 0.5) is 0 Å². The van der Waals surface area contributed by atoms with Gasteiger partial charge in [-0.2, -0.15) is 0 Å². The van der Waals surface area contributed by atoms with E-state index < -0.39 is 12.2 Å². The fourth-order valence-corrected chi connectivity index (χ4v) is 7.54. The smallest absolute Gasteiger partial charge is 0.306 e. The van der Waals surface area contributed by atoms with Gasteiger partial charge in [0.2, 0.25) is 0 Å². The molecule has 0 saturated carbocycles. The highest BCUT2D eigenvalue weighted by Gasteiger charge is 2.22. The van der Waals surface area contributed by atoms with E-state index in [0.29, 0.717) is 19.3 Å². The van der Waals surface area contributed by atoms with Crippen molar-refractivity contribution in [2.75, 3.05) is 26.4 Å². The van der Waals surface area contributed by atoms with Crippen molar-refractivity contribution >= 4 is 23.9 Å². The van der Waals surface area contributed by atoms with Crippen molar-refractivity contribution < 1.29 is 42.9 Å². The molecule has 0 heterocycles. The summed E-state index contributed by atoms with van der Waals surface area (Å²) >= 11 is 0. The molecule has 0 aromatic rings. The molecular formula is C52H98O9. The van der Waals surface area contributed by atoms with Crippen LogP contribution in [0.25, 0.3) is 0 Å². The van der Waals surface area contributed by atoms with Crippen LogP contribution < -0.4 is 0 Å². The minimum Gasteiger partial charge on any atom is -0.462 e. The molecule has 0 rings (SSSR count). The fourth-order valence-electron chi connectivity index (χ4n) is 7.54. The summed E-state index contributed by atoms with van der Waals surface area (Å²) in [4.78, 5) is 50.7. The van der Waals surface area contributed by atoms with Crippen LogP contribution in [0.1, 0.15) is 272 Å². The average molecular weight is 867 g/mol. The van der Waals surface area contributed by atoms with E-state index in [1.165, 1.54) is 128 Å². The lowest BCUT2D eigenvalue weighted by Crippen LogP contribution is -2.34. The molecule has 9 nitrogen and oxygen atoms in total. The Morgan fingerprint density at radius 1 is 0.279 bits per heavy atom. The molecule has 2 unspecified atom stereocenters. The fraction of sp³-hybridized carbons (Fsp3) is 0.923. The van der Waals surface area contributed by atoms with Gasteiger partial charge < -0.3 is 23.7 Å². The van der Waals surface area contributed by atoms with Gasteiger partial charge in [0, 0.05) is 25.7 Å². The van der Waals surface area contributed by atoms with Crippen LogP contribution in [0, 0.1) is 0 Å². The molecule has 61 heavy (non-hydrogen) atoms. The number of carbonyl (C=O) groups excluding carboxylic acids is 4. The number of rotatable bonds is 48. The van der Waals surface area contributed by atoms with Gasteiger partial charge in [-0.1, -0.05) is 220 Å². The third-order valence-electron chi connectivity index (χ3n) is 11.5. The third-order valence-corrected chi connectivity index (χ3v) is 11.5. The van der Waals surface area contributed by atoms with E-state index in [0.717, 1.165) is 89.9 Å². The molecule has 2 atom stereocenters. The zero-order valence-corrected chi connectivity index (χ0v) is 40.5. The molecule has 0 aliphatic carbocycles. The maximum Gasteiger partial charge on any atom is 0.306 e. The Morgan fingerprint density at radius 3 is 0.770 bits per heavy atom. The van der Waals surface area contributed by atoms with Gasteiger partial charge >= 0.3 is 23.9 Å². The van der Waals surface area contributed by atoms with Crippen molar-refractivity contribution in [2.45, 2.75) is 284 Å². The van der Waals surface area contributed by atoms with E-state index in [2.05, 4.69) is 27.7 Å². The molecule has 0 aliphatic heterocycles. The molecule has 0 radical (unpaired) electrons. The van der Waals surface area contributed by atoms with Crippen molar-refractivity contribution in [3.63, 3.8) is 0 Å². The molecule has 0 fully saturated rings. The summed E-state index contributed by atoms with van der Waals surface area (Å²) in [6, 6.07) is 0. The Balaban J connectivity index is 4.79. The van der Waals surface area contributed by atoms with Gasteiger partial charge in [-0.25, -0.2) is 0 Å². The highest BCUT2D eigenvalue weighted by Crippen LogP contribution is 2.16. The van der Waals surface area contributed by atoms with Crippen LogP contribution in [-0.2, 0) is 42.9 Å². The Kier molecular flexibility index (Phi) is 45.6. The predicted octanol–water partition coefficient (Wildman–Crippen LogP) is 14.8. The van der Waals surface area contributed by atoms with Crippen LogP contribution in [0.15, 0.2) is 0 Å². The number of unbranched alkanes of at least 4 members (excludes halogenated alkanes) is 30. The summed E-state index contributed by atoms with van der Waals surface area (Å²) in [5.41, 5.74) is 0. The van der Waals surface area contributed by atoms with Crippen LogP contribution in [-0.4, -0.2) is 62.5 Å². The second-order valence-corrected chi connectivity index (χ2v) is 17.7. The second-order valence-electron chi connectivity index (χ2n) is 17.7. The van der Waals surface area contributed by atoms with Crippen LogP contribution in [0.2, 0.25) is 0 Å². The normalized spacial score (nSPS) is 12.3. The van der Waals surface area contributed by atoms with Crippen molar-refractivity contribution in [3.05, 3.63) is 0 Å². The van der Waals surface area contributed by atoms with E-state index >= 15 is 0 Å². The Morgan fingerprint density at radius 2 is 0.492 bits per heavy atom. The summed E-state index contributed by atoms with van der Waals surface area (Å²) in [5.74, 6) is -1.32. The lowest BCUT2D eigenvalue weighted by molar-refractivity contribution is -0.168. The standard InChI is InChI=1S/C52H98O9/c1-5-9-13-16-18-20-22-24-26-28-30-33-36-39-49(53)58-45-47(60-51(55)41-35-12-8-4)43-57-44-48(61-52(56)42-38-32-15-11-7-3)46-59-50(54)40-37-34-31-29-27-25-23-21-19-17-14-10-6-2/h47-48H,5-46H2,1-4H3. The Labute approximate surface area is 376 Å². The zero-order chi connectivity index (χ0) is 44.7. The van der Waals surface area contributed by atoms with E-state index in [1.54, 1.807) is 0 Å². The molecule has 9 heteroatoms. The maximum atomic E-state index is 12.8. The first-order valence-electron chi connectivity index (χ1n) is 26.1. The highest BCUT2D eigenvalue weighted by atomic mass is 16.6. The van der Waals surface area contributed by atoms with Gasteiger partial charge in [0.25, 0.3) is 0 Å². The third kappa shape index (κ3) is 44.3. The zero-order valence-electron chi connectivity index (χ0n) is 40.5. The molecule has 0 aromatic heterocycles. The summed E-state index contributed by atoms with van der Waals surface area (Å²) in [6.45, 7) is 8.46. The van der Waals surface area contributed by atoms with E-state index in [9.17, 15) is 19.2 Å². The molecule has 0 saturated heterocycles. The largest absolute Gasteiger partial charge is 0.462 e. The van der Waals surface area contributed by atoms with Gasteiger partial charge in [0.15, 0.2) is 12.2 Å². The van der Waals surface area contributed by atoms with Crippen molar-refractivity contribution in [1.82, 2.24) is 0 Å². The molecule has 360 valence electrons. The van der Waals surface area contributed by atoms with Crippen molar-refractivity contribution in [2.24, 2.45) is 0 Å². The second kappa shape index (κ2) is 47.3. The first-order valence-corrected chi connectivity index (χ1v) is 26.1. The monoisotopic (exact) mass is 867 g/mol. The lowest BCUT2D eigenvalue weighted by atomic mass is 10.0. The van der Waals surface area contributed by atoms with E-state index in [-0.39, 0.29) is 56.7 Å². The molecule has 0 aromatic carbocycles. The van der Waals surface area contributed by atoms with Crippen LogP contribution in [0.3, 0.4) is 0 Å². The maximum absolute atomic E-state index is 12.8. The van der Waals surface area contributed by atoms with Gasteiger partial charge in [-0.3, -0.25) is 19.2 Å². The molecule has 0 spiro atoms. The summed E-state index contributed by atoms with van der Waals surface area (Å²) in [7, 11) is 0. The SMILES string of the molecule is CCCCCCCCCCCCCCCC(=O)OCC(COCC(COC(=O)CCCCCCCCCCCCCCC)OC(=O)CCCCCCC)OC(=O)CCCCC. The summed E-state index contributed by atoms with van der Waals surface area (Å²) in [5, 5.41) is 0. The van der Waals surface area contributed by atoms with E-state index in [4.69, 9.17) is 23.7 Å². The first kappa shape index (κ1) is 58.8. The van der Waals surface area contributed by atoms with Crippen molar-refractivity contribution in [1.29, 1.82) is 0 Å². The van der Waals surface area contributed by atoms with Gasteiger partial charge in [0.05, 0.1) is 13.2 Å². The van der Waals surface area contributed by atoms with Crippen LogP contribution in [0.5, 0.6) is 0 Å². The van der Waals surface area contributed by atoms with Gasteiger partial charge in [0.1, 0.15) is 13.2 Å². The number of esters is 4. The highest BCUT2D eigenvalue weighted by molar-refractivity contribution is 5.71. The Bertz CT molecular complexity index is 986. The van der Waals surface area contributed by atoms with Gasteiger partial charge in [-0.05, 0) is 25.7 Å². The molecular weight excluding hydrogens is 769 g/mol. The quantitative estimate of drug-likeness (QED) is 0.0335. The molecule has 0 amide bonds. The predicted molar refractivity (Wildman–Crippen MR) is 251 cm³/mol. The van der Waals surface area contributed by atoms with Crippen LogP contribution >= 0.6 is 0 Å².